The van der Waals surface area contributed by atoms with Crippen LogP contribution in [0, 0.1) is 6.92 Å². The number of aryl methyl sites for hydroxylation is 1. The van der Waals surface area contributed by atoms with Crippen LogP contribution in [-0.4, -0.2) is 33.7 Å². The van der Waals surface area contributed by atoms with E-state index in [1.54, 1.807) is 0 Å². The standard InChI is InChI=1S/C22H31N3O2S.HI/c1-5-23-22(24-14-18(3)21-12-6-17(2)7-13-21)25-15-19-8-10-20(11-9-19)16-28(4,26)27;/h6-13,18H,5,14-16H2,1-4H3,(H2,23,24,25);1H. The summed E-state index contributed by atoms with van der Waals surface area (Å²) < 4.78 is 22.8. The van der Waals surface area contributed by atoms with Crippen LogP contribution in [0.5, 0.6) is 0 Å². The summed E-state index contributed by atoms with van der Waals surface area (Å²) in [5, 5.41) is 6.68. The molecule has 1 unspecified atom stereocenters. The molecule has 0 heterocycles. The third-order valence-electron chi connectivity index (χ3n) is 4.44. The first-order valence-electron chi connectivity index (χ1n) is 9.61. The average molecular weight is 529 g/mol. The molecule has 0 aliphatic heterocycles. The van der Waals surface area contributed by atoms with E-state index in [1.807, 2.05) is 31.2 Å². The second kappa shape index (κ2) is 12.2. The largest absolute Gasteiger partial charge is 0.357 e. The summed E-state index contributed by atoms with van der Waals surface area (Å²) in [6.45, 7) is 8.45. The van der Waals surface area contributed by atoms with Crippen LogP contribution in [0.25, 0.3) is 0 Å². The molecule has 2 aromatic carbocycles. The molecule has 0 saturated carbocycles. The Morgan fingerprint density at radius 2 is 1.59 bits per heavy atom. The molecule has 1 atom stereocenters. The van der Waals surface area contributed by atoms with Gasteiger partial charge in [0.1, 0.15) is 0 Å². The minimum absolute atomic E-state index is 0. The second-order valence-electron chi connectivity index (χ2n) is 7.27. The monoisotopic (exact) mass is 529 g/mol. The van der Waals surface area contributed by atoms with Crippen molar-refractivity contribution in [2.24, 2.45) is 4.99 Å². The molecule has 2 aromatic rings. The summed E-state index contributed by atoms with van der Waals surface area (Å²) in [6.07, 6.45) is 1.25. The molecule has 0 aliphatic carbocycles. The molecular formula is C22H32IN3O2S. The Morgan fingerprint density at radius 1 is 1.00 bits per heavy atom. The van der Waals surface area contributed by atoms with Gasteiger partial charge < -0.3 is 10.6 Å². The van der Waals surface area contributed by atoms with E-state index in [9.17, 15) is 8.42 Å². The summed E-state index contributed by atoms with van der Waals surface area (Å²) >= 11 is 0. The Hall–Kier alpha value is -1.61. The lowest BCUT2D eigenvalue weighted by Crippen LogP contribution is -2.39. The fraction of sp³-hybridized carbons (Fsp3) is 0.409. The zero-order chi connectivity index (χ0) is 20.6. The predicted octanol–water partition coefficient (Wildman–Crippen LogP) is 4.02. The van der Waals surface area contributed by atoms with Crippen LogP contribution >= 0.6 is 24.0 Å². The van der Waals surface area contributed by atoms with Crippen molar-refractivity contribution in [3.05, 3.63) is 70.8 Å². The van der Waals surface area contributed by atoms with Crippen molar-refractivity contribution in [1.82, 2.24) is 10.6 Å². The van der Waals surface area contributed by atoms with Gasteiger partial charge in [-0.25, -0.2) is 13.4 Å². The predicted molar refractivity (Wildman–Crippen MR) is 133 cm³/mol. The normalized spacial score (nSPS) is 12.8. The van der Waals surface area contributed by atoms with Gasteiger partial charge in [0.25, 0.3) is 0 Å². The lowest BCUT2D eigenvalue weighted by atomic mass is 10.0. The number of aliphatic imine (C=N–C) groups is 1. The van der Waals surface area contributed by atoms with Gasteiger partial charge in [0, 0.05) is 19.3 Å². The number of hydrogen-bond acceptors (Lipinski definition) is 3. The Morgan fingerprint density at radius 3 is 2.14 bits per heavy atom. The van der Waals surface area contributed by atoms with Crippen LogP contribution in [0.4, 0.5) is 0 Å². The molecule has 0 saturated heterocycles. The average Bonchev–Trinajstić information content (AvgIpc) is 2.64. The molecule has 160 valence electrons. The first-order chi connectivity index (χ1) is 13.3. The van der Waals surface area contributed by atoms with Crippen LogP contribution in [0.15, 0.2) is 53.5 Å². The van der Waals surface area contributed by atoms with Crippen molar-refractivity contribution in [3.8, 4) is 0 Å². The van der Waals surface area contributed by atoms with Crippen molar-refractivity contribution < 1.29 is 8.42 Å². The van der Waals surface area contributed by atoms with E-state index in [0.29, 0.717) is 12.5 Å². The molecule has 2 N–H and O–H groups in total. The van der Waals surface area contributed by atoms with Gasteiger partial charge in [-0.1, -0.05) is 61.0 Å². The number of guanidine groups is 1. The zero-order valence-corrected chi connectivity index (χ0v) is 20.8. The Labute approximate surface area is 192 Å². The van der Waals surface area contributed by atoms with E-state index in [4.69, 9.17) is 0 Å². The van der Waals surface area contributed by atoms with Gasteiger partial charge in [0.05, 0.1) is 12.3 Å². The van der Waals surface area contributed by atoms with Crippen molar-refractivity contribution in [2.75, 3.05) is 19.3 Å². The summed E-state index contributed by atoms with van der Waals surface area (Å²) in [7, 11) is -3.01. The molecular weight excluding hydrogens is 497 g/mol. The van der Waals surface area contributed by atoms with Gasteiger partial charge in [-0.3, -0.25) is 0 Å². The molecule has 0 fully saturated rings. The number of halogens is 1. The highest BCUT2D eigenvalue weighted by Gasteiger charge is 2.07. The van der Waals surface area contributed by atoms with Gasteiger partial charge in [0.15, 0.2) is 15.8 Å². The third-order valence-corrected chi connectivity index (χ3v) is 5.30. The fourth-order valence-electron chi connectivity index (χ4n) is 2.82. The van der Waals surface area contributed by atoms with Crippen molar-refractivity contribution in [3.63, 3.8) is 0 Å². The van der Waals surface area contributed by atoms with Gasteiger partial charge in [-0.05, 0) is 36.5 Å². The number of benzene rings is 2. The van der Waals surface area contributed by atoms with E-state index in [1.165, 1.54) is 17.4 Å². The minimum Gasteiger partial charge on any atom is -0.357 e. The Kier molecular flexibility index (Phi) is 10.7. The maximum atomic E-state index is 11.4. The first-order valence-corrected chi connectivity index (χ1v) is 11.7. The summed E-state index contributed by atoms with van der Waals surface area (Å²) in [5.74, 6) is 1.22. The Balaban J connectivity index is 0.00000420. The van der Waals surface area contributed by atoms with Crippen LogP contribution in [0.3, 0.4) is 0 Å². The van der Waals surface area contributed by atoms with Crippen LogP contribution in [0.2, 0.25) is 0 Å². The van der Waals surface area contributed by atoms with Crippen molar-refractivity contribution in [2.45, 2.75) is 39.0 Å². The zero-order valence-electron chi connectivity index (χ0n) is 17.6. The molecule has 7 heteroatoms. The molecule has 0 aromatic heterocycles. The van der Waals surface area contributed by atoms with E-state index < -0.39 is 9.84 Å². The summed E-state index contributed by atoms with van der Waals surface area (Å²) in [4.78, 5) is 4.64. The number of sulfone groups is 1. The quantitative estimate of drug-likeness (QED) is 0.308. The third kappa shape index (κ3) is 9.62. The van der Waals surface area contributed by atoms with Gasteiger partial charge in [-0.15, -0.1) is 24.0 Å². The van der Waals surface area contributed by atoms with E-state index in [-0.39, 0.29) is 29.7 Å². The number of rotatable bonds is 8. The van der Waals surface area contributed by atoms with Crippen molar-refractivity contribution >= 4 is 39.8 Å². The maximum absolute atomic E-state index is 11.4. The minimum atomic E-state index is -3.01. The smallest absolute Gasteiger partial charge is 0.191 e. The summed E-state index contributed by atoms with van der Waals surface area (Å²) in [5.41, 5.74) is 4.41. The Bertz CT molecular complexity index is 879. The molecule has 0 bridgehead atoms. The molecule has 2 rings (SSSR count). The SMILES string of the molecule is CCNC(=NCc1ccc(CS(C)(=O)=O)cc1)NCC(C)c1ccc(C)cc1.I. The highest BCUT2D eigenvalue weighted by molar-refractivity contribution is 14.0. The second-order valence-corrected chi connectivity index (χ2v) is 9.41. The van der Waals surface area contributed by atoms with Gasteiger partial charge in [-0.2, -0.15) is 0 Å². The topological polar surface area (TPSA) is 70.6 Å². The molecule has 5 nitrogen and oxygen atoms in total. The number of nitrogens with zero attached hydrogens (tertiary/aromatic N) is 1. The highest BCUT2D eigenvalue weighted by atomic mass is 127. The molecule has 0 spiro atoms. The van der Waals surface area contributed by atoms with Crippen LogP contribution in [-0.2, 0) is 22.1 Å². The number of nitrogens with one attached hydrogen (secondary N) is 2. The van der Waals surface area contributed by atoms with E-state index in [2.05, 4.69) is 53.7 Å². The lowest BCUT2D eigenvalue weighted by molar-refractivity contribution is 0.601. The molecule has 0 amide bonds. The first kappa shape index (κ1) is 25.4. The van der Waals surface area contributed by atoms with Gasteiger partial charge >= 0.3 is 0 Å². The highest BCUT2D eigenvalue weighted by Crippen LogP contribution is 2.14. The molecule has 0 aliphatic rings. The molecule has 29 heavy (non-hydrogen) atoms. The van der Waals surface area contributed by atoms with Gasteiger partial charge in [0.2, 0.25) is 0 Å². The van der Waals surface area contributed by atoms with E-state index >= 15 is 0 Å². The van der Waals surface area contributed by atoms with E-state index in [0.717, 1.165) is 30.2 Å². The lowest BCUT2D eigenvalue weighted by Gasteiger charge is -2.16. The maximum Gasteiger partial charge on any atom is 0.191 e. The van der Waals surface area contributed by atoms with Crippen LogP contribution in [0.1, 0.15) is 42.0 Å². The fourth-order valence-corrected chi connectivity index (χ4v) is 3.62. The van der Waals surface area contributed by atoms with Crippen molar-refractivity contribution in [1.29, 1.82) is 0 Å². The number of hydrogen-bond donors (Lipinski definition) is 2. The van der Waals surface area contributed by atoms with Crippen LogP contribution < -0.4 is 10.6 Å². The summed E-state index contributed by atoms with van der Waals surface area (Å²) in [6, 6.07) is 16.2. The molecule has 0 radical (unpaired) electrons.